The summed E-state index contributed by atoms with van der Waals surface area (Å²) in [5.74, 6) is 0. The maximum absolute atomic E-state index is 12.1. The molecule has 2 heterocycles. The number of nitrogens with zero attached hydrogens (tertiary/aromatic N) is 2. The van der Waals surface area contributed by atoms with Crippen LogP contribution in [0.3, 0.4) is 0 Å². The third-order valence-electron chi connectivity index (χ3n) is 3.28. The highest BCUT2D eigenvalue weighted by Gasteiger charge is 2.55. The van der Waals surface area contributed by atoms with Gasteiger partial charge in [0.2, 0.25) is 0 Å². The van der Waals surface area contributed by atoms with Crippen molar-refractivity contribution in [2.75, 3.05) is 0 Å². The molecule has 2 aliphatic heterocycles. The fourth-order valence-electron chi connectivity index (χ4n) is 2.66. The van der Waals surface area contributed by atoms with Crippen LogP contribution in [0.1, 0.15) is 41.5 Å². The number of urea groups is 2. The molecule has 0 aromatic heterocycles. The molecule has 0 bridgehead atoms. The summed E-state index contributed by atoms with van der Waals surface area (Å²) in [5.41, 5.74) is -0.657. The molecule has 6 nitrogen and oxygen atoms in total. The third kappa shape index (κ3) is 1.79. The number of fused-ring (bicyclic) bond motifs is 1. The lowest BCUT2D eigenvalue weighted by atomic mass is 10.0. The zero-order chi connectivity index (χ0) is 13.9. The molecule has 6 heteroatoms. The molecule has 0 aliphatic carbocycles. The molecule has 2 aliphatic rings. The molecule has 102 valence electrons. The average molecular weight is 254 g/mol. The van der Waals surface area contributed by atoms with E-state index in [1.165, 1.54) is 0 Å². The van der Waals surface area contributed by atoms with Crippen LogP contribution in [0.4, 0.5) is 9.59 Å². The van der Waals surface area contributed by atoms with E-state index in [-0.39, 0.29) is 35.5 Å². The number of hydrogen-bond donors (Lipinski definition) is 2. The van der Waals surface area contributed by atoms with Gasteiger partial charge in [-0.05, 0) is 41.5 Å². The molecule has 2 rings (SSSR count). The number of rotatable bonds is 0. The molecule has 0 unspecified atom stereocenters. The molecule has 0 aromatic carbocycles. The Hall–Kier alpha value is -1.46. The van der Waals surface area contributed by atoms with Crippen molar-refractivity contribution in [2.45, 2.75) is 65.0 Å². The first-order chi connectivity index (χ1) is 8.03. The highest BCUT2D eigenvalue weighted by molar-refractivity contribution is 5.85. The van der Waals surface area contributed by atoms with E-state index >= 15 is 0 Å². The van der Waals surface area contributed by atoms with Gasteiger partial charge in [-0.3, -0.25) is 9.80 Å². The van der Waals surface area contributed by atoms with E-state index in [2.05, 4.69) is 10.6 Å². The van der Waals surface area contributed by atoms with E-state index in [9.17, 15) is 9.59 Å². The molecule has 2 saturated heterocycles. The van der Waals surface area contributed by atoms with Crippen LogP contribution in [-0.2, 0) is 0 Å². The van der Waals surface area contributed by atoms with E-state index in [1.54, 1.807) is 9.80 Å². The number of hydrogen-bond acceptors (Lipinski definition) is 2. The summed E-state index contributed by atoms with van der Waals surface area (Å²) >= 11 is 0. The van der Waals surface area contributed by atoms with Gasteiger partial charge < -0.3 is 10.6 Å². The second kappa shape index (κ2) is 3.52. The summed E-state index contributed by atoms with van der Waals surface area (Å²) < 4.78 is 0. The molecule has 2 N–H and O–H groups in total. The van der Waals surface area contributed by atoms with E-state index in [0.717, 1.165) is 0 Å². The Kier molecular flexibility index (Phi) is 2.54. The molecular weight excluding hydrogens is 232 g/mol. The molecule has 0 aromatic rings. The molecular formula is C12H22N4O2. The number of nitrogens with one attached hydrogen (secondary N) is 2. The second-order valence-corrected chi connectivity index (χ2v) is 6.87. The quantitative estimate of drug-likeness (QED) is 0.684. The first-order valence-electron chi connectivity index (χ1n) is 6.23. The minimum Gasteiger partial charge on any atom is -0.314 e. The molecule has 0 saturated carbocycles. The van der Waals surface area contributed by atoms with Gasteiger partial charge in [0.25, 0.3) is 0 Å². The van der Waals surface area contributed by atoms with Gasteiger partial charge in [-0.25, -0.2) is 9.59 Å². The van der Waals surface area contributed by atoms with Crippen molar-refractivity contribution in [3.63, 3.8) is 0 Å². The summed E-state index contributed by atoms with van der Waals surface area (Å²) in [7, 11) is 0. The molecule has 0 spiro atoms. The third-order valence-corrected chi connectivity index (χ3v) is 3.28. The van der Waals surface area contributed by atoms with Crippen molar-refractivity contribution in [3.8, 4) is 0 Å². The van der Waals surface area contributed by atoms with Gasteiger partial charge in [0.1, 0.15) is 12.3 Å². The van der Waals surface area contributed by atoms with Gasteiger partial charge in [-0.2, -0.15) is 0 Å². The van der Waals surface area contributed by atoms with Crippen molar-refractivity contribution >= 4 is 12.1 Å². The van der Waals surface area contributed by atoms with Gasteiger partial charge in [-0.15, -0.1) is 0 Å². The van der Waals surface area contributed by atoms with E-state index in [0.29, 0.717) is 0 Å². The first-order valence-corrected chi connectivity index (χ1v) is 6.23. The summed E-state index contributed by atoms with van der Waals surface area (Å²) in [6, 6.07) is -0.265. The number of carbonyl (C=O) groups is 2. The van der Waals surface area contributed by atoms with Crippen LogP contribution in [0.5, 0.6) is 0 Å². The summed E-state index contributed by atoms with van der Waals surface area (Å²) in [6.07, 6.45) is -0.603. The Morgan fingerprint density at radius 1 is 0.778 bits per heavy atom. The zero-order valence-corrected chi connectivity index (χ0v) is 11.9. The lowest BCUT2D eigenvalue weighted by Gasteiger charge is -2.35. The normalized spacial score (nSPS) is 28.3. The molecule has 2 atom stereocenters. The monoisotopic (exact) mass is 254 g/mol. The predicted molar refractivity (Wildman–Crippen MR) is 67.8 cm³/mol. The van der Waals surface area contributed by atoms with Crippen LogP contribution in [0.25, 0.3) is 0 Å². The Morgan fingerprint density at radius 2 is 1.06 bits per heavy atom. The first kappa shape index (κ1) is 13.0. The summed E-state index contributed by atoms with van der Waals surface area (Å²) in [6.45, 7) is 11.8. The van der Waals surface area contributed by atoms with Gasteiger partial charge in [0.15, 0.2) is 0 Å². The fraction of sp³-hybridized carbons (Fsp3) is 0.833. The lowest BCUT2D eigenvalue weighted by Crippen LogP contribution is -2.52. The number of amides is 4. The van der Waals surface area contributed by atoms with Crippen LogP contribution in [0.15, 0.2) is 0 Å². The standard InChI is InChI=1S/C12H22N4O2/c1-11(2,3)15-7-8(14-9(15)17)16(10(18)13-7)12(4,5)6/h7-8H,1-6H3,(H,13,18)(H,14,17)/t7-,8-/m0/s1. The minimum atomic E-state index is -0.329. The Labute approximate surface area is 108 Å². The summed E-state index contributed by atoms with van der Waals surface area (Å²) in [5, 5.41) is 5.78. The Balaban J connectivity index is 2.33. The van der Waals surface area contributed by atoms with Crippen LogP contribution < -0.4 is 10.6 Å². The Bertz CT molecular complexity index is 356. The lowest BCUT2D eigenvalue weighted by molar-refractivity contribution is 0.105. The zero-order valence-electron chi connectivity index (χ0n) is 11.9. The van der Waals surface area contributed by atoms with E-state index in [1.807, 2.05) is 41.5 Å². The van der Waals surface area contributed by atoms with Crippen LogP contribution >= 0.6 is 0 Å². The van der Waals surface area contributed by atoms with Crippen molar-refractivity contribution in [1.29, 1.82) is 0 Å². The van der Waals surface area contributed by atoms with Crippen molar-refractivity contribution in [2.24, 2.45) is 0 Å². The summed E-state index contributed by atoms with van der Waals surface area (Å²) in [4.78, 5) is 27.5. The highest BCUT2D eigenvalue weighted by Crippen LogP contribution is 2.31. The van der Waals surface area contributed by atoms with Gasteiger partial charge >= 0.3 is 12.1 Å². The maximum Gasteiger partial charge on any atom is 0.321 e. The predicted octanol–water partition coefficient (Wildman–Crippen LogP) is 1.29. The van der Waals surface area contributed by atoms with E-state index in [4.69, 9.17) is 0 Å². The van der Waals surface area contributed by atoms with Gasteiger partial charge in [0, 0.05) is 11.1 Å². The topological polar surface area (TPSA) is 64.7 Å². The van der Waals surface area contributed by atoms with Crippen molar-refractivity contribution in [3.05, 3.63) is 0 Å². The number of carbonyl (C=O) groups excluding carboxylic acids is 2. The van der Waals surface area contributed by atoms with Crippen LogP contribution in [0.2, 0.25) is 0 Å². The Morgan fingerprint density at radius 3 is 1.28 bits per heavy atom. The van der Waals surface area contributed by atoms with Crippen molar-refractivity contribution in [1.82, 2.24) is 20.4 Å². The molecule has 2 fully saturated rings. The SMILES string of the molecule is CC(C)(C)N1C(=O)N[C@@H]2[C@H]1NC(=O)N2C(C)(C)C. The van der Waals surface area contributed by atoms with Crippen LogP contribution in [0, 0.1) is 0 Å². The smallest absolute Gasteiger partial charge is 0.314 e. The van der Waals surface area contributed by atoms with Gasteiger partial charge in [0.05, 0.1) is 0 Å². The fourth-order valence-corrected chi connectivity index (χ4v) is 2.66. The highest BCUT2D eigenvalue weighted by atomic mass is 16.2. The van der Waals surface area contributed by atoms with Gasteiger partial charge in [-0.1, -0.05) is 0 Å². The van der Waals surface area contributed by atoms with E-state index < -0.39 is 0 Å². The maximum atomic E-state index is 12.1. The largest absolute Gasteiger partial charge is 0.321 e. The van der Waals surface area contributed by atoms with Crippen molar-refractivity contribution < 1.29 is 9.59 Å². The molecule has 0 radical (unpaired) electrons. The molecule has 4 amide bonds. The molecule has 18 heavy (non-hydrogen) atoms. The average Bonchev–Trinajstić information content (AvgIpc) is 2.52. The van der Waals surface area contributed by atoms with Crippen LogP contribution in [-0.4, -0.2) is 45.3 Å². The second-order valence-electron chi connectivity index (χ2n) is 6.87. The minimum absolute atomic E-state index is 0.133.